The standard InChI is InChI=1S/C16H31N3O/c1-18-8-9-19(2)14(12-18)15(17)13-5-10-20-16(11-13)6-3-4-7-16/h13-15H,3-12,17H2,1-2H3. The molecule has 3 aliphatic rings. The average Bonchev–Trinajstić information content (AvgIpc) is 2.88. The summed E-state index contributed by atoms with van der Waals surface area (Å²) in [6, 6.07) is 0.805. The molecule has 2 saturated heterocycles. The largest absolute Gasteiger partial charge is 0.375 e. The summed E-state index contributed by atoms with van der Waals surface area (Å²) in [6.07, 6.45) is 7.55. The van der Waals surface area contributed by atoms with Crippen molar-refractivity contribution in [2.24, 2.45) is 11.7 Å². The molecule has 0 aromatic carbocycles. The van der Waals surface area contributed by atoms with Crippen molar-refractivity contribution in [1.29, 1.82) is 0 Å². The van der Waals surface area contributed by atoms with Crippen LogP contribution < -0.4 is 5.73 Å². The van der Waals surface area contributed by atoms with Gasteiger partial charge in [0.05, 0.1) is 5.60 Å². The van der Waals surface area contributed by atoms with Crippen molar-refractivity contribution >= 4 is 0 Å². The van der Waals surface area contributed by atoms with Gasteiger partial charge in [-0.15, -0.1) is 0 Å². The fourth-order valence-electron chi connectivity index (χ4n) is 4.54. The van der Waals surface area contributed by atoms with Gasteiger partial charge in [0.15, 0.2) is 0 Å². The molecule has 1 aliphatic carbocycles. The van der Waals surface area contributed by atoms with Crippen LogP contribution in [0, 0.1) is 5.92 Å². The third-order valence-electron chi connectivity index (χ3n) is 5.93. The van der Waals surface area contributed by atoms with Crippen molar-refractivity contribution in [3.8, 4) is 0 Å². The van der Waals surface area contributed by atoms with Gasteiger partial charge in [-0.3, -0.25) is 4.90 Å². The Morgan fingerprint density at radius 3 is 2.70 bits per heavy atom. The maximum absolute atomic E-state index is 6.70. The highest BCUT2D eigenvalue weighted by atomic mass is 16.5. The normalized spacial score (nSPS) is 37.4. The second-order valence-corrected chi connectivity index (χ2v) is 7.38. The number of rotatable bonds is 2. The van der Waals surface area contributed by atoms with Gasteiger partial charge in [0, 0.05) is 38.3 Å². The lowest BCUT2D eigenvalue weighted by atomic mass is 9.78. The smallest absolute Gasteiger partial charge is 0.0685 e. The minimum Gasteiger partial charge on any atom is -0.375 e. The molecule has 0 aromatic heterocycles. The average molecular weight is 281 g/mol. The number of piperazine rings is 1. The molecule has 0 amide bonds. The van der Waals surface area contributed by atoms with Crippen LogP contribution in [-0.4, -0.2) is 67.8 Å². The van der Waals surface area contributed by atoms with Crippen LogP contribution in [-0.2, 0) is 4.74 Å². The molecule has 3 rings (SSSR count). The van der Waals surface area contributed by atoms with Crippen LogP contribution in [0.25, 0.3) is 0 Å². The molecule has 2 N–H and O–H groups in total. The second kappa shape index (κ2) is 5.91. The van der Waals surface area contributed by atoms with Crippen LogP contribution in [0.15, 0.2) is 0 Å². The van der Waals surface area contributed by atoms with Gasteiger partial charge in [-0.05, 0) is 45.7 Å². The summed E-state index contributed by atoms with van der Waals surface area (Å²) < 4.78 is 6.16. The van der Waals surface area contributed by atoms with Crippen LogP contribution in [0.4, 0.5) is 0 Å². The fourth-order valence-corrected chi connectivity index (χ4v) is 4.54. The molecule has 0 bridgehead atoms. The summed E-state index contributed by atoms with van der Waals surface area (Å²) >= 11 is 0. The van der Waals surface area contributed by atoms with Crippen LogP contribution in [0.2, 0.25) is 0 Å². The molecule has 3 fully saturated rings. The van der Waals surface area contributed by atoms with Gasteiger partial charge in [-0.1, -0.05) is 12.8 Å². The molecule has 3 atom stereocenters. The summed E-state index contributed by atoms with van der Waals surface area (Å²) in [7, 11) is 4.46. The van der Waals surface area contributed by atoms with E-state index in [0.717, 1.165) is 32.7 Å². The molecular weight excluding hydrogens is 250 g/mol. The monoisotopic (exact) mass is 281 g/mol. The van der Waals surface area contributed by atoms with E-state index < -0.39 is 0 Å². The summed E-state index contributed by atoms with van der Waals surface area (Å²) in [4.78, 5) is 4.90. The van der Waals surface area contributed by atoms with E-state index in [-0.39, 0.29) is 5.60 Å². The Kier molecular flexibility index (Phi) is 4.37. The third-order valence-corrected chi connectivity index (χ3v) is 5.93. The van der Waals surface area contributed by atoms with Crippen molar-refractivity contribution in [3.63, 3.8) is 0 Å². The molecule has 4 nitrogen and oxygen atoms in total. The SMILES string of the molecule is CN1CCN(C)C(C(N)C2CCOC3(CCCC3)C2)C1. The molecule has 4 heteroatoms. The number of ether oxygens (including phenoxy) is 1. The minimum atomic E-state index is 0.194. The van der Waals surface area contributed by atoms with E-state index in [0.29, 0.717) is 18.0 Å². The Hall–Kier alpha value is -0.160. The zero-order valence-electron chi connectivity index (χ0n) is 13.2. The first-order chi connectivity index (χ1) is 9.60. The number of hydrogen-bond donors (Lipinski definition) is 1. The van der Waals surface area contributed by atoms with E-state index in [1.807, 2.05) is 0 Å². The molecule has 116 valence electrons. The molecule has 1 spiro atoms. The van der Waals surface area contributed by atoms with Gasteiger partial charge in [0.2, 0.25) is 0 Å². The quantitative estimate of drug-likeness (QED) is 0.828. The van der Waals surface area contributed by atoms with E-state index in [4.69, 9.17) is 10.5 Å². The zero-order chi connectivity index (χ0) is 14.2. The molecule has 20 heavy (non-hydrogen) atoms. The first kappa shape index (κ1) is 14.8. The van der Waals surface area contributed by atoms with Crippen molar-refractivity contribution in [3.05, 3.63) is 0 Å². The Balaban J connectivity index is 1.65. The Bertz CT molecular complexity index is 330. The van der Waals surface area contributed by atoms with Crippen molar-refractivity contribution in [2.45, 2.75) is 56.2 Å². The lowest BCUT2D eigenvalue weighted by Gasteiger charge is -2.46. The first-order valence-electron chi connectivity index (χ1n) is 8.38. The Morgan fingerprint density at radius 2 is 1.95 bits per heavy atom. The van der Waals surface area contributed by atoms with Crippen molar-refractivity contribution < 1.29 is 4.74 Å². The highest BCUT2D eigenvalue weighted by Crippen LogP contribution is 2.43. The third kappa shape index (κ3) is 2.89. The predicted octanol–water partition coefficient (Wildman–Crippen LogP) is 1.30. The molecule has 2 aliphatic heterocycles. The molecule has 3 unspecified atom stereocenters. The van der Waals surface area contributed by atoms with Crippen LogP contribution in [0.1, 0.15) is 38.5 Å². The van der Waals surface area contributed by atoms with Crippen molar-refractivity contribution in [2.75, 3.05) is 40.3 Å². The Morgan fingerprint density at radius 1 is 1.20 bits per heavy atom. The van der Waals surface area contributed by atoms with Gasteiger partial charge in [-0.2, -0.15) is 0 Å². The van der Waals surface area contributed by atoms with Gasteiger partial charge >= 0.3 is 0 Å². The topological polar surface area (TPSA) is 41.7 Å². The molecule has 0 radical (unpaired) electrons. The minimum absolute atomic E-state index is 0.194. The van der Waals surface area contributed by atoms with Gasteiger partial charge < -0.3 is 15.4 Å². The molecule has 1 saturated carbocycles. The molecular formula is C16H31N3O. The fraction of sp³-hybridized carbons (Fsp3) is 1.00. The van der Waals surface area contributed by atoms with Crippen LogP contribution in [0.5, 0.6) is 0 Å². The van der Waals surface area contributed by atoms with E-state index in [9.17, 15) is 0 Å². The molecule has 0 aromatic rings. The molecule has 2 heterocycles. The second-order valence-electron chi connectivity index (χ2n) is 7.38. The van der Waals surface area contributed by atoms with Crippen molar-refractivity contribution in [1.82, 2.24) is 9.80 Å². The van der Waals surface area contributed by atoms with Crippen LogP contribution in [0.3, 0.4) is 0 Å². The predicted molar refractivity (Wildman–Crippen MR) is 81.8 cm³/mol. The van der Waals surface area contributed by atoms with E-state index in [1.165, 1.54) is 32.1 Å². The Labute approximate surface area is 123 Å². The maximum atomic E-state index is 6.70. The highest BCUT2D eigenvalue weighted by molar-refractivity contribution is 4.98. The summed E-state index contributed by atoms with van der Waals surface area (Å²) in [5.74, 6) is 0.640. The summed E-state index contributed by atoms with van der Waals surface area (Å²) in [5.41, 5.74) is 6.90. The van der Waals surface area contributed by atoms with E-state index >= 15 is 0 Å². The van der Waals surface area contributed by atoms with E-state index in [1.54, 1.807) is 0 Å². The van der Waals surface area contributed by atoms with Gasteiger partial charge in [0.25, 0.3) is 0 Å². The van der Waals surface area contributed by atoms with Gasteiger partial charge in [0.1, 0.15) is 0 Å². The summed E-state index contributed by atoms with van der Waals surface area (Å²) in [5, 5.41) is 0. The number of likely N-dealkylation sites (N-methyl/N-ethyl adjacent to an activating group) is 2. The number of nitrogens with zero attached hydrogens (tertiary/aromatic N) is 2. The lowest BCUT2D eigenvalue weighted by molar-refractivity contribution is -0.101. The number of nitrogens with two attached hydrogens (primary N) is 1. The van der Waals surface area contributed by atoms with Gasteiger partial charge in [-0.25, -0.2) is 0 Å². The number of hydrogen-bond acceptors (Lipinski definition) is 4. The maximum Gasteiger partial charge on any atom is 0.0685 e. The first-order valence-corrected chi connectivity index (χ1v) is 8.38. The van der Waals surface area contributed by atoms with E-state index in [2.05, 4.69) is 23.9 Å². The zero-order valence-corrected chi connectivity index (χ0v) is 13.2. The van der Waals surface area contributed by atoms with Crippen LogP contribution >= 0.6 is 0 Å². The summed E-state index contributed by atoms with van der Waals surface area (Å²) in [6.45, 7) is 4.34. The lowest BCUT2D eigenvalue weighted by Crippen LogP contribution is -2.60. The highest BCUT2D eigenvalue weighted by Gasteiger charge is 2.43.